The minimum atomic E-state index is 0.613. The Bertz CT molecular complexity index is 609. The van der Waals surface area contributed by atoms with Crippen LogP contribution in [0.15, 0.2) is 30.3 Å². The van der Waals surface area contributed by atoms with E-state index in [-0.39, 0.29) is 0 Å². The molecule has 0 saturated carbocycles. The number of hydrogen-bond donors (Lipinski definition) is 2. The van der Waals surface area contributed by atoms with Crippen LogP contribution in [0.5, 0.6) is 23.0 Å². The number of anilines is 2. The molecule has 0 radical (unpaired) electrons. The zero-order valence-electron chi connectivity index (χ0n) is 9.36. The second kappa shape index (κ2) is 3.31. The number of rotatable bonds is 0. The van der Waals surface area contributed by atoms with Crippen LogP contribution >= 0.6 is 0 Å². The number of benzene rings is 2. The lowest BCUT2D eigenvalue weighted by atomic mass is 10.1. The van der Waals surface area contributed by atoms with E-state index < -0.39 is 0 Å². The molecule has 0 amide bonds. The summed E-state index contributed by atoms with van der Waals surface area (Å²) in [6, 6.07) is 8.90. The summed E-state index contributed by atoms with van der Waals surface area (Å²) in [5, 5.41) is 0. The predicted octanol–water partition coefficient (Wildman–Crippen LogP) is 3.06. The second-order valence-electron chi connectivity index (χ2n) is 4.08. The maximum atomic E-state index is 5.78. The minimum Gasteiger partial charge on any atom is -0.449 e. The Hall–Kier alpha value is -2.36. The largest absolute Gasteiger partial charge is 0.449 e. The zero-order chi connectivity index (χ0) is 12.0. The molecule has 0 aromatic heterocycles. The van der Waals surface area contributed by atoms with Crippen molar-refractivity contribution in [3.05, 3.63) is 35.9 Å². The van der Waals surface area contributed by atoms with E-state index in [0.29, 0.717) is 34.4 Å². The number of nitrogen functional groups attached to an aromatic ring is 2. The lowest BCUT2D eigenvalue weighted by molar-refractivity contribution is 0.358. The highest BCUT2D eigenvalue weighted by Crippen LogP contribution is 2.48. The summed E-state index contributed by atoms with van der Waals surface area (Å²) in [6.07, 6.45) is 0. The van der Waals surface area contributed by atoms with Crippen LogP contribution in [0.25, 0.3) is 0 Å². The Morgan fingerprint density at radius 2 is 1.59 bits per heavy atom. The fourth-order valence-corrected chi connectivity index (χ4v) is 1.89. The zero-order valence-corrected chi connectivity index (χ0v) is 9.36. The first-order valence-corrected chi connectivity index (χ1v) is 5.29. The molecule has 0 atom stereocenters. The van der Waals surface area contributed by atoms with Crippen LogP contribution < -0.4 is 20.9 Å². The average Bonchev–Trinajstić information content (AvgIpc) is 2.26. The van der Waals surface area contributed by atoms with Crippen molar-refractivity contribution >= 4 is 11.4 Å². The molecule has 4 N–H and O–H groups in total. The highest BCUT2D eigenvalue weighted by atomic mass is 16.6. The van der Waals surface area contributed by atoms with Gasteiger partial charge in [0, 0.05) is 23.5 Å². The summed E-state index contributed by atoms with van der Waals surface area (Å²) in [7, 11) is 0. The molecule has 0 bridgehead atoms. The van der Waals surface area contributed by atoms with E-state index in [9.17, 15) is 0 Å². The summed E-state index contributed by atoms with van der Waals surface area (Å²) < 4.78 is 11.5. The van der Waals surface area contributed by atoms with Crippen molar-refractivity contribution in [2.45, 2.75) is 6.92 Å². The standard InChI is InChI=1S/C13H12N2O2/c1-7-4-9(15)6-12-13(7)17-10-3-2-8(14)5-11(10)16-12/h2-6H,14-15H2,1H3. The molecule has 0 fully saturated rings. The van der Waals surface area contributed by atoms with Gasteiger partial charge in [0.15, 0.2) is 23.0 Å². The molecule has 4 nitrogen and oxygen atoms in total. The molecule has 0 unspecified atom stereocenters. The first-order valence-electron chi connectivity index (χ1n) is 5.29. The van der Waals surface area contributed by atoms with Gasteiger partial charge in [-0.25, -0.2) is 0 Å². The van der Waals surface area contributed by atoms with E-state index in [0.717, 1.165) is 5.56 Å². The van der Waals surface area contributed by atoms with Crippen LogP contribution in [-0.4, -0.2) is 0 Å². The van der Waals surface area contributed by atoms with Gasteiger partial charge in [-0.15, -0.1) is 0 Å². The van der Waals surface area contributed by atoms with Crippen LogP contribution in [-0.2, 0) is 0 Å². The molecule has 17 heavy (non-hydrogen) atoms. The van der Waals surface area contributed by atoms with Gasteiger partial charge in [0.25, 0.3) is 0 Å². The van der Waals surface area contributed by atoms with E-state index >= 15 is 0 Å². The van der Waals surface area contributed by atoms with Crippen molar-refractivity contribution in [2.24, 2.45) is 0 Å². The van der Waals surface area contributed by atoms with Gasteiger partial charge in [-0.1, -0.05) is 0 Å². The molecule has 0 spiro atoms. The summed E-state index contributed by atoms with van der Waals surface area (Å²) in [6.45, 7) is 1.93. The van der Waals surface area contributed by atoms with Crippen LogP contribution in [0.3, 0.4) is 0 Å². The highest BCUT2D eigenvalue weighted by Gasteiger charge is 2.20. The van der Waals surface area contributed by atoms with Crippen LogP contribution in [0.1, 0.15) is 5.56 Å². The Morgan fingerprint density at radius 1 is 0.824 bits per heavy atom. The Morgan fingerprint density at radius 3 is 2.41 bits per heavy atom. The third-order valence-electron chi connectivity index (χ3n) is 2.66. The maximum Gasteiger partial charge on any atom is 0.173 e. The maximum absolute atomic E-state index is 5.78. The topological polar surface area (TPSA) is 70.5 Å². The smallest absolute Gasteiger partial charge is 0.173 e. The molecule has 2 aromatic rings. The van der Waals surface area contributed by atoms with Crippen molar-refractivity contribution in [1.29, 1.82) is 0 Å². The van der Waals surface area contributed by atoms with E-state index in [4.69, 9.17) is 20.9 Å². The third-order valence-corrected chi connectivity index (χ3v) is 2.66. The van der Waals surface area contributed by atoms with Crippen LogP contribution in [0, 0.1) is 6.92 Å². The molecule has 1 aliphatic rings. The van der Waals surface area contributed by atoms with Crippen molar-refractivity contribution in [3.63, 3.8) is 0 Å². The molecule has 0 aliphatic carbocycles. The molecule has 86 valence electrons. The van der Waals surface area contributed by atoms with Gasteiger partial charge in [-0.3, -0.25) is 0 Å². The fourth-order valence-electron chi connectivity index (χ4n) is 1.89. The first-order chi connectivity index (χ1) is 8.13. The van der Waals surface area contributed by atoms with Gasteiger partial charge in [0.1, 0.15) is 0 Å². The Kier molecular flexibility index (Phi) is 1.92. The Balaban J connectivity index is 2.14. The van der Waals surface area contributed by atoms with E-state index in [2.05, 4.69) is 0 Å². The summed E-state index contributed by atoms with van der Waals surface area (Å²) in [5.74, 6) is 2.61. The highest BCUT2D eigenvalue weighted by molar-refractivity contribution is 5.64. The second-order valence-corrected chi connectivity index (χ2v) is 4.08. The third kappa shape index (κ3) is 1.54. The van der Waals surface area contributed by atoms with Gasteiger partial charge in [0.05, 0.1) is 0 Å². The van der Waals surface area contributed by atoms with Crippen molar-refractivity contribution in [2.75, 3.05) is 11.5 Å². The molecule has 1 aliphatic heterocycles. The quantitative estimate of drug-likeness (QED) is 0.580. The number of hydrogen-bond acceptors (Lipinski definition) is 4. The number of fused-ring (bicyclic) bond motifs is 2. The minimum absolute atomic E-state index is 0.613. The normalized spacial score (nSPS) is 12.1. The molecule has 3 rings (SSSR count). The van der Waals surface area contributed by atoms with Crippen LogP contribution in [0.4, 0.5) is 11.4 Å². The number of aryl methyl sites for hydroxylation is 1. The summed E-state index contributed by atoms with van der Waals surface area (Å²) in [4.78, 5) is 0. The molecular weight excluding hydrogens is 216 g/mol. The molecular formula is C13H12N2O2. The fraction of sp³-hybridized carbons (Fsp3) is 0.0769. The molecule has 4 heteroatoms. The monoisotopic (exact) mass is 228 g/mol. The van der Waals surface area contributed by atoms with Crippen molar-refractivity contribution in [3.8, 4) is 23.0 Å². The van der Waals surface area contributed by atoms with E-state index in [1.54, 1.807) is 24.3 Å². The van der Waals surface area contributed by atoms with Crippen LogP contribution in [0.2, 0.25) is 0 Å². The van der Waals surface area contributed by atoms with Gasteiger partial charge in [0.2, 0.25) is 0 Å². The van der Waals surface area contributed by atoms with Gasteiger partial charge in [-0.2, -0.15) is 0 Å². The number of nitrogens with two attached hydrogens (primary N) is 2. The van der Waals surface area contributed by atoms with E-state index in [1.807, 2.05) is 13.0 Å². The van der Waals surface area contributed by atoms with Crippen molar-refractivity contribution < 1.29 is 9.47 Å². The van der Waals surface area contributed by atoms with E-state index in [1.165, 1.54) is 0 Å². The van der Waals surface area contributed by atoms with Gasteiger partial charge < -0.3 is 20.9 Å². The summed E-state index contributed by atoms with van der Waals surface area (Å²) >= 11 is 0. The summed E-state index contributed by atoms with van der Waals surface area (Å²) in [5.41, 5.74) is 13.7. The lowest BCUT2D eigenvalue weighted by Gasteiger charge is -2.22. The predicted molar refractivity (Wildman–Crippen MR) is 66.6 cm³/mol. The Labute approximate surface area is 98.8 Å². The molecule has 1 heterocycles. The number of ether oxygens (including phenoxy) is 2. The molecule has 0 saturated heterocycles. The lowest BCUT2D eigenvalue weighted by Crippen LogP contribution is -2.02. The first kappa shape index (κ1) is 9.84. The van der Waals surface area contributed by atoms with Gasteiger partial charge >= 0.3 is 0 Å². The van der Waals surface area contributed by atoms with Crippen molar-refractivity contribution in [1.82, 2.24) is 0 Å². The van der Waals surface area contributed by atoms with Gasteiger partial charge in [-0.05, 0) is 30.7 Å². The average molecular weight is 228 g/mol. The SMILES string of the molecule is Cc1cc(N)cc2c1Oc1ccc(N)cc1O2. The molecule has 2 aromatic carbocycles.